The van der Waals surface area contributed by atoms with E-state index in [2.05, 4.69) is 15.0 Å². The molecule has 0 aliphatic carbocycles. The molecule has 2 aromatic heterocycles. The second-order valence-corrected chi connectivity index (χ2v) is 7.68. The zero-order valence-corrected chi connectivity index (χ0v) is 17.6. The van der Waals surface area contributed by atoms with Crippen LogP contribution in [0.4, 0.5) is 0 Å². The van der Waals surface area contributed by atoms with Crippen molar-refractivity contribution in [3.05, 3.63) is 71.7 Å². The molecular formula is C24H23N3O4. The number of benzene rings is 1. The first kappa shape index (κ1) is 20.5. The summed E-state index contributed by atoms with van der Waals surface area (Å²) in [5.41, 5.74) is 1.65. The number of hydrogen-bond donors (Lipinski definition) is 1. The Kier molecular flexibility index (Phi) is 5.42. The Morgan fingerprint density at radius 3 is 2.77 bits per heavy atom. The van der Waals surface area contributed by atoms with Crippen molar-refractivity contribution in [2.45, 2.75) is 26.3 Å². The third-order valence-corrected chi connectivity index (χ3v) is 5.13. The molecule has 1 aliphatic heterocycles. The molecule has 7 nitrogen and oxygen atoms in total. The van der Waals surface area contributed by atoms with Crippen LogP contribution in [0, 0.1) is 5.92 Å². The predicted octanol–water partition coefficient (Wildman–Crippen LogP) is 4.02. The van der Waals surface area contributed by atoms with E-state index in [1.165, 1.54) is 0 Å². The Bertz CT molecular complexity index is 1190. The molecule has 1 N–H and O–H groups in total. The number of esters is 1. The number of ketones is 1. The standard InChI is InChI=1S/C24H23N3O4/c1-4-30-23(29)19-20(28)18(13-15-14-26-21-17(15)11-8-12-25-21)31-22(19)27-24(2,3)16-9-6-5-7-10-16/h5-14,19H,4H2,1-3H3,(H,25,26)/b18-13-,27-22?. The molecule has 1 aliphatic rings. The molecular weight excluding hydrogens is 394 g/mol. The zero-order valence-electron chi connectivity index (χ0n) is 17.6. The normalized spacial score (nSPS) is 19.2. The number of aromatic nitrogens is 2. The highest BCUT2D eigenvalue weighted by Gasteiger charge is 2.45. The minimum Gasteiger partial charge on any atom is -0.465 e. The van der Waals surface area contributed by atoms with Crippen LogP contribution in [0.1, 0.15) is 31.9 Å². The van der Waals surface area contributed by atoms with Gasteiger partial charge in [-0.2, -0.15) is 0 Å². The van der Waals surface area contributed by atoms with E-state index in [4.69, 9.17) is 9.47 Å². The number of allylic oxidation sites excluding steroid dienone is 1. The van der Waals surface area contributed by atoms with Crippen molar-refractivity contribution in [1.29, 1.82) is 0 Å². The van der Waals surface area contributed by atoms with Crippen molar-refractivity contribution in [1.82, 2.24) is 9.97 Å². The molecule has 1 saturated heterocycles. The number of nitrogens with zero attached hydrogens (tertiary/aromatic N) is 2. The summed E-state index contributed by atoms with van der Waals surface area (Å²) < 4.78 is 11.0. The Morgan fingerprint density at radius 1 is 1.26 bits per heavy atom. The van der Waals surface area contributed by atoms with Crippen molar-refractivity contribution in [3.63, 3.8) is 0 Å². The van der Waals surface area contributed by atoms with Gasteiger partial charge in [0.15, 0.2) is 11.7 Å². The van der Waals surface area contributed by atoms with Crippen molar-refractivity contribution in [3.8, 4) is 0 Å². The third-order valence-electron chi connectivity index (χ3n) is 5.13. The van der Waals surface area contributed by atoms with Gasteiger partial charge in [0.2, 0.25) is 11.7 Å². The molecule has 0 saturated carbocycles. The van der Waals surface area contributed by atoms with E-state index in [0.29, 0.717) is 5.65 Å². The third kappa shape index (κ3) is 3.99. The molecule has 1 atom stereocenters. The number of rotatable bonds is 5. The number of pyridine rings is 1. The van der Waals surface area contributed by atoms with Crippen molar-refractivity contribution in [2.24, 2.45) is 10.9 Å². The van der Waals surface area contributed by atoms with Crippen LogP contribution in [0.25, 0.3) is 17.1 Å². The van der Waals surface area contributed by atoms with Gasteiger partial charge >= 0.3 is 5.97 Å². The average molecular weight is 417 g/mol. The Hall–Kier alpha value is -3.74. The zero-order chi connectivity index (χ0) is 22.0. The number of ether oxygens (including phenoxy) is 2. The summed E-state index contributed by atoms with van der Waals surface area (Å²) in [6.07, 6.45) is 5.02. The fraction of sp³-hybridized carbons (Fsp3) is 0.250. The lowest BCUT2D eigenvalue weighted by atomic mass is 9.94. The van der Waals surface area contributed by atoms with Crippen LogP contribution >= 0.6 is 0 Å². The molecule has 3 aromatic rings. The van der Waals surface area contributed by atoms with E-state index in [-0.39, 0.29) is 18.3 Å². The number of Topliss-reactive ketones (excluding diaryl/α,β-unsaturated/α-hetero) is 1. The first-order chi connectivity index (χ1) is 14.9. The first-order valence-electron chi connectivity index (χ1n) is 10.1. The number of fused-ring (bicyclic) bond motifs is 1. The summed E-state index contributed by atoms with van der Waals surface area (Å²) in [5, 5.41) is 0.842. The van der Waals surface area contributed by atoms with Gasteiger partial charge in [-0.3, -0.25) is 9.59 Å². The molecule has 1 aromatic carbocycles. The lowest BCUT2D eigenvalue weighted by molar-refractivity contribution is -0.147. The number of hydrogen-bond acceptors (Lipinski definition) is 6. The molecule has 31 heavy (non-hydrogen) atoms. The Labute approximate surface area is 179 Å². The lowest BCUT2D eigenvalue weighted by Gasteiger charge is -2.21. The summed E-state index contributed by atoms with van der Waals surface area (Å²) in [6.45, 7) is 5.65. The first-order valence-corrected chi connectivity index (χ1v) is 10.1. The van der Waals surface area contributed by atoms with Crippen molar-refractivity contribution in [2.75, 3.05) is 6.61 Å². The molecule has 1 fully saturated rings. The van der Waals surface area contributed by atoms with Crippen LogP contribution in [0.15, 0.2) is 65.6 Å². The number of H-pyrrole nitrogens is 1. The second-order valence-electron chi connectivity index (χ2n) is 7.68. The van der Waals surface area contributed by atoms with Gasteiger partial charge in [0.25, 0.3) is 0 Å². The number of carbonyl (C=O) groups excluding carboxylic acids is 2. The highest BCUT2D eigenvalue weighted by molar-refractivity contribution is 6.27. The molecule has 4 rings (SSSR count). The molecule has 158 valence electrons. The average Bonchev–Trinajstić information content (AvgIpc) is 3.30. The van der Waals surface area contributed by atoms with Gasteiger partial charge in [0.05, 0.1) is 12.1 Å². The Morgan fingerprint density at radius 2 is 2.03 bits per heavy atom. The van der Waals surface area contributed by atoms with Crippen LogP contribution in [0.2, 0.25) is 0 Å². The van der Waals surface area contributed by atoms with Gasteiger partial charge in [-0.15, -0.1) is 0 Å². The van der Waals surface area contributed by atoms with Gasteiger partial charge in [-0.05, 0) is 44.5 Å². The van der Waals surface area contributed by atoms with Crippen molar-refractivity contribution < 1.29 is 19.1 Å². The van der Waals surface area contributed by atoms with Crippen LogP contribution < -0.4 is 0 Å². The van der Waals surface area contributed by atoms with Gasteiger partial charge in [-0.25, -0.2) is 9.98 Å². The van der Waals surface area contributed by atoms with Crippen LogP contribution in [-0.2, 0) is 24.6 Å². The topological polar surface area (TPSA) is 93.6 Å². The highest BCUT2D eigenvalue weighted by atomic mass is 16.5. The summed E-state index contributed by atoms with van der Waals surface area (Å²) in [7, 11) is 0. The minimum atomic E-state index is -1.22. The van der Waals surface area contributed by atoms with E-state index in [0.717, 1.165) is 16.5 Å². The molecule has 7 heteroatoms. The molecule has 0 bridgehead atoms. The van der Waals surface area contributed by atoms with Gasteiger partial charge in [-0.1, -0.05) is 30.3 Å². The van der Waals surface area contributed by atoms with E-state index in [1.807, 2.05) is 56.3 Å². The van der Waals surface area contributed by atoms with Gasteiger partial charge < -0.3 is 14.5 Å². The van der Waals surface area contributed by atoms with Crippen LogP contribution in [0.5, 0.6) is 0 Å². The highest BCUT2D eigenvalue weighted by Crippen LogP contribution is 2.32. The van der Waals surface area contributed by atoms with Crippen LogP contribution in [0.3, 0.4) is 0 Å². The number of aromatic amines is 1. The van der Waals surface area contributed by atoms with E-state index < -0.39 is 23.2 Å². The maximum absolute atomic E-state index is 13.1. The van der Waals surface area contributed by atoms with E-state index in [1.54, 1.807) is 25.4 Å². The lowest BCUT2D eigenvalue weighted by Crippen LogP contribution is -2.29. The number of nitrogens with one attached hydrogen (secondary N) is 1. The SMILES string of the molecule is CCOC(=O)C1C(=O)/C(=C/c2c[nH]c3ncccc23)OC1=NC(C)(C)c1ccccc1. The Balaban J connectivity index is 1.75. The minimum absolute atomic E-state index is 0.0431. The molecule has 0 radical (unpaired) electrons. The quantitative estimate of drug-likeness (QED) is 0.384. The molecule has 0 amide bonds. The van der Waals surface area contributed by atoms with E-state index in [9.17, 15) is 9.59 Å². The molecule has 0 spiro atoms. The molecule has 1 unspecified atom stereocenters. The van der Waals surface area contributed by atoms with Crippen molar-refractivity contribution >= 4 is 34.8 Å². The summed E-state index contributed by atoms with van der Waals surface area (Å²) in [4.78, 5) is 37.7. The number of aliphatic imine (C=N–C) groups is 1. The maximum Gasteiger partial charge on any atom is 0.326 e. The number of carbonyl (C=O) groups is 2. The van der Waals surface area contributed by atoms with Gasteiger partial charge in [0, 0.05) is 23.3 Å². The summed E-state index contributed by atoms with van der Waals surface area (Å²) >= 11 is 0. The largest absolute Gasteiger partial charge is 0.465 e. The maximum atomic E-state index is 13.1. The van der Waals surface area contributed by atoms with E-state index >= 15 is 0 Å². The van der Waals surface area contributed by atoms with Crippen LogP contribution in [-0.4, -0.2) is 34.2 Å². The fourth-order valence-corrected chi connectivity index (χ4v) is 3.52. The fourth-order valence-electron chi connectivity index (χ4n) is 3.52. The summed E-state index contributed by atoms with van der Waals surface area (Å²) in [5.74, 6) is -2.28. The second kappa shape index (κ2) is 8.18. The smallest absolute Gasteiger partial charge is 0.326 e. The molecule has 3 heterocycles. The summed E-state index contributed by atoms with van der Waals surface area (Å²) in [6, 6.07) is 13.3. The monoisotopic (exact) mass is 417 g/mol. The van der Waals surface area contributed by atoms with Gasteiger partial charge in [0.1, 0.15) is 5.65 Å². The predicted molar refractivity (Wildman–Crippen MR) is 117 cm³/mol.